The van der Waals surface area contributed by atoms with Crippen LogP contribution in [0.1, 0.15) is 33.7 Å². The molecular weight excluding hydrogens is 790 g/mol. The van der Waals surface area contributed by atoms with Gasteiger partial charge in [-0.2, -0.15) is 0 Å². The van der Waals surface area contributed by atoms with Crippen molar-refractivity contribution in [3.05, 3.63) is 197 Å². The Balaban J connectivity index is 1.18. The Kier molecular flexibility index (Phi) is 9.33. The molecule has 292 valence electrons. The zero-order valence-electron chi connectivity index (χ0n) is 32.7. The first-order valence-electron chi connectivity index (χ1n) is 20.2. The van der Waals surface area contributed by atoms with E-state index < -0.39 is 0 Å². The number of H-pyrrole nitrogens is 2. The second-order valence-corrected chi connectivity index (χ2v) is 16.6. The molecule has 6 heterocycles. The second-order valence-electron chi connectivity index (χ2n) is 15.1. The third-order valence-electron chi connectivity index (χ3n) is 11.4. The van der Waals surface area contributed by atoms with Gasteiger partial charge in [-0.3, -0.25) is 9.69 Å². The lowest BCUT2D eigenvalue weighted by Gasteiger charge is -2.24. The van der Waals surface area contributed by atoms with E-state index in [1.165, 1.54) is 0 Å². The van der Waals surface area contributed by atoms with E-state index in [2.05, 4.69) is 143 Å². The summed E-state index contributed by atoms with van der Waals surface area (Å²) in [6.45, 7) is 0. The zero-order chi connectivity index (χ0) is 40.9. The molecule has 11 rings (SSSR count). The normalized spacial score (nSPS) is 14.5. The number of carbonyl (C=O) groups excluding carboxylic acids is 1. The molecular formula is C53H36ClN5OS. The number of fused-ring (bicyclic) bond motifs is 8. The number of hydrogen-bond donors (Lipinski definition) is 2. The minimum atomic E-state index is -0.143. The summed E-state index contributed by atoms with van der Waals surface area (Å²) in [5.74, 6) is 0.482. The van der Waals surface area contributed by atoms with Crippen LogP contribution in [0.5, 0.6) is 0 Å². The molecule has 1 atom stereocenters. The van der Waals surface area contributed by atoms with Gasteiger partial charge >= 0.3 is 0 Å². The number of nitrogens with zero attached hydrogens (tertiary/aromatic N) is 3. The molecule has 8 bridgehead atoms. The van der Waals surface area contributed by atoms with Crippen molar-refractivity contribution < 1.29 is 4.79 Å². The van der Waals surface area contributed by atoms with E-state index in [1.807, 2.05) is 59.5 Å². The number of thioether (sulfide) groups is 1. The number of nitrogens with one attached hydrogen (secondary N) is 2. The molecule has 1 unspecified atom stereocenters. The predicted molar refractivity (Wildman–Crippen MR) is 255 cm³/mol. The highest BCUT2D eigenvalue weighted by Crippen LogP contribution is 2.43. The Morgan fingerprint density at radius 1 is 0.475 bits per heavy atom. The van der Waals surface area contributed by atoms with Crippen molar-refractivity contribution in [2.24, 2.45) is 0 Å². The van der Waals surface area contributed by atoms with Crippen molar-refractivity contribution in [2.45, 2.75) is 5.37 Å². The van der Waals surface area contributed by atoms with Crippen LogP contribution in [0.2, 0.25) is 5.02 Å². The van der Waals surface area contributed by atoms with Crippen LogP contribution in [0.25, 0.3) is 90.9 Å². The third kappa shape index (κ3) is 6.78. The van der Waals surface area contributed by atoms with Crippen molar-refractivity contribution in [1.29, 1.82) is 0 Å². The maximum atomic E-state index is 13.4. The Morgan fingerprint density at radius 2 is 0.852 bits per heavy atom. The van der Waals surface area contributed by atoms with Gasteiger partial charge in [0, 0.05) is 55.0 Å². The maximum Gasteiger partial charge on any atom is 0.238 e. The Hall–Kier alpha value is -7.19. The first-order chi connectivity index (χ1) is 30.1. The summed E-state index contributed by atoms with van der Waals surface area (Å²) in [5.41, 5.74) is 17.1. The maximum absolute atomic E-state index is 13.4. The minimum Gasteiger partial charge on any atom is -0.354 e. The van der Waals surface area contributed by atoms with Gasteiger partial charge in [-0.05, 0) is 101 Å². The van der Waals surface area contributed by atoms with Gasteiger partial charge in [-0.15, -0.1) is 11.8 Å². The average Bonchev–Trinajstić information content (AvgIpc) is 4.17. The average molecular weight is 826 g/mol. The van der Waals surface area contributed by atoms with Gasteiger partial charge in [0.2, 0.25) is 5.91 Å². The lowest BCUT2D eigenvalue weighted by Crippen LogP contribution is -2.27. The molecule has 1 amide bonds. The summed E-state index contributed by atoms with van der Waals surface area (Å²) in [6, 6.07) is 55.9. The lowest BCUT2D eigenvalue weighted by molar-refractivity contribution is -0.115. The molecule has 5 aromatic carbocycles. The molecule has 0 aliphatic carbocycles. The quantitative estimate of drug-likeness (QED) is 0.175. The van der Waals surface area contributed by atoms with E-state index in [0.29, 0.717) is 10.8 Å². The smallest absolute Gasteiger partial charge is 0.238 e. The summed E-state index contributed by atoms with van der Waals surface area (Å²) < 4.78 is 0. The molecule has 1 fully saturated rings. The van der Waals surface area contributed by atoms with Gasteiger partial charge in [0.15, 0.2) is 0 Å². The lowest BCUT2D eigenvalue weighted by atomic mass is 10.0. The summed E-state index contributed by atoms with van der Waals surface area (Å²) in [7, 11) is 0. The molecule has 0 radical (unpaired) electrons. The van der Waals surface area contributed by atoms with Gasteiger partial charge < -0.3 is 9.97 Å². The molecule has 2 N–H and O–H groups in total. The molecule has 0 saturated carbocycles. The molecule has 3 aliphatic heterocycles. The minimum absolute atomic E-state index is 0.0737. The molecule has 1 saturated heterocycles. The summed E-state index contributed by atoms with van der Waals surface area (Å²) in [5, 5.41) is 0.526. The number of anilines is 1. The largest absolute Gasteiger partial charge is 0.354 e. The Morgan fingerprint density at radius 3 is 1.25 bits per heavy atom. The van der Waals surface area contributed by atoms with Crippen molar-refractivity contribution in [1.82, 2.24) is 19.9 Å². The molecule has 3 aromatic heterocycles. The van der Waals surface area contributed by atoms with Crippen LogP contribution in [0, 0.1) is 0 Å². The van der Waals surface area contributed by atoms with Crippen LogP contribution in [-0.4, -0.2) is 31.6 Å². The fraction of sp³-hybridized carbons (Fsp3) is 0.0377. The van der Waals surface area contributed by atoms with Crippen molar-refractivity contribution in [3.8, 4) is 44.5 Å². The van der Waals surface area contributed by atoms with E-state index in [9.17, 15) is 4.79 Å². The summed E-state index contributed by atoms with van der Waals surface area (Å²) in [6.07, 6.45) is 8.46. The van der Waals surface area contributed by atoms with Crippen molar-refractivity contribution in [3.63, 3.8) is 0 Å². The number of halogens is 1. The molecule has 3 aliphatic rings. The Labute approximate surface area is 362 Å². The number of benzene rings is 5. The number of aromatic nitrogens is 4. The van der Waals surface area contributed by atoms with Gasteiger partial charge in [0.05, 0.1) is 28.5 Å². The molecule has 8 heteroatoms. The first-order valence-corrected chi connectivity index (χ1v) is 21.6. The van der Waals surface area contributed by atoms with Crippen LogP contribution in [0.15, 0.2) is 164 Å². The van der Waals surface area contributed by atoms with Crippen LogP contribution in [0.4, 0.5) is 5.69 Å². The highest BCUT2D eigenvalue weighted by atomic mass is 35.5. The van der Waals surface area contributed by atoms with Crippen LogP contribution < -0.4 is 4.90 Å². The summed E-state index contributed by atoms with van der Waals surface area (Å²) >= 11 is 7.85. The van der Waals surface area contributed by atoms with Gasteiger partial charge in [-0.25, -0.2) is 9.97 Å². The number of rotatable bonds is 6. The van der Waals surface area contributed by atoms with Gasteiger partial charge in [-0.1, -0.05) is 127 Å². The topological polar surface area (TPSA) is 77.7 Å². The van der Waals surface area contributed by atoms with E-state index >= 15 is 0 Å². The van der Waals surface area contributed by atoms with Gasteiger partial charge in [0.1, 0.15) is 5.37 Å². The Bertz CT molecular complexity index is 3170. The van der Waals surface area contributed by atoms with Crippen LogP contribution in [0.3, 0.4) is 0 Å². The van der Waals surface area contributed by atoms with Crippen LogP contribution >= 0.6 is 23.4 Å². The highest BCUT2D eigenvalue weighted by Gasteiger charge is 2.34. The number of carbonyl (C=O) groups is 1. The number of amides is 1. The van der Waals surface area contributed by atoms with Crippen molar-refractivity contribution in [2.75, 3.05) is 10.7 Å². The van der Waals surface area contributed by atoms with Crippen LogP contribution in [-0.2, 0) is 4.79 Å². The molecule has 6 nitrogen and oxygen atoms in total. The standard InChI is InChI=1S/C53H36ClN5OS/c54-38-20-16-37(17-21-38)53-59(48(60)32-61-53)39-22-18-36(19-23-39)52-46-30-28-44(57-46)50(34-12-6-2-7-13-34)42-26-24-40(55-42)49(33-10-4-1-5-11-33)41-25-27-43(56-41)51(35-14-8-3-9-15-35)45-29-31-47(52)58-45/h1-31,53,55,58H,32H2. The summed E-state index contributed by atoms with van der Waals surface area (Å²) in [4.78, 5) is 33.8. The van der Waals surface area contributed by atoms with Gasteiger partial charge in [0.25, 0.3) is 0 Å². The zero-order valence-corrected chi connectivity index (χ0v) is 34.3. The highest BCUT2D eigenvalue weighted by molar-refractivity contribution is 8.00. The fourth-order valence-electron chi connectivity index (χ4n) is 8.60. The fourth-order valence-corrected chi connectivity index (χ4v) is 9.90. The van der Waals surface area contributed by atoms with E-state index in [0.717, 1.165) is 101 Å². The predicted octanol–water partition coefficient (Wildman–Crippen LogP) is 13.8. The first kappa shape index (κ1) is 36.9. The number of hydrogen-bond acceptors (Lipinski definition) is 4. The molecule has 61 heavy (non-hydrogen) atoms. The third-order valence-corrected chi connectivity index (χ3v) is 12.9. The van der Waals surface area contributed by atoms with Crippen molar-refractivity contribution >= 4 is 81.3 Å². The molecule has 8 aromatic rings. The van der Waals surface area contributed by atoms with E-state index in [4.69, 9.17) is 21.6 Å². The van der Waals surface area contributed by atoms with E-state index in [-0.39, 0.29) is 11.3 Å². The SMILES string of the molecule is O=C1CSC(c2ccc(Cl)cc2)N1c1ccc(-c2c3nc(c(-c4ccccc4)c4ccc([nH]4)c(-c4ccccc4)c4nc(c(-c5ccccc5)c5ccc2[nH]5)C=C4)C=C3)cc1. The monoisotopic (exact) mass is 825 g/mol. The molecule has 0 spiro atoms. The number of aromatic amines is 2. The van der Waals surface area contributed by atoms with E-state index in [1.54, 1.807) is 11.8 Å². The second kappa shape index (κ2) is 15.4.